The number of phenols is 2. The number of hydrogen-bond acceptors (Lipinski definition) is 6. The number of hydrazone groups is 1. The van der Waals surface area contributed by atoms with Gasteiger partial charge >= 0.3 is 0 Å². The zero-order chi connectivity index (χ0) is 17.5. The molecule has 0 fully saturated rings. The summed E-state index contributed by atoms with van der Waals surface area (Å²) >= 11 is 0. The fraction of sp³-hybridized carbons (Fsp3) is 0.118. The Morgan fingerprint density at radius 3 is 2.58 bits per heavy atom. The van der Waals surface area contributed by atoms with Gasteiger partial charge in [0.05, 0.1) is 17.3 Å². The SMILES string of the molecule is C/C(=N\NC(=O)COc1ccc(C#N)cc1)c1ccc(O)cc1O. The number of phenolic OH excluding ortho intramolecular Hbond substituents is 2. The van der Waals surface area contributed by atoms with Crippen molar-refractivity contribution >= 4 is 11.6 Å². The second-order valence-electron chi connectivity index (χ2n) is 4.86. The predicted octanol–water partition coefficient (Wildman–Crippen LogP) is 1.89. The van der Waals surface area contributed by atoms with Gasteiger partial charge in [0.15, 0.2) is 6.61 Å². The van der Waals surface area contributed by atoms with E-state index >= 15 is 0 Å². The molecule has 7 nitrogen and oxygen atoms in total. The normalized spacial score (nSPS) is 10.8. The predicted molar refractivity (Wildman–Crippen MR) is 86.8 cm³/mol. The molecule has 24 heavy (non-hydrogen) atoms. The summed E-state index contributed by atoms with van der Waals surface area (Å²) in [6.07, 6.45) is 0. The van der Waals surface area contributed by atoms with E-state index in [0.717, 1.165) is 0 Å². The van der Waals surface area contributed by atoms with Crippen molar-refractivity contribution in [2.75, 3.05) is 6.61 Å². The van der Waals surface area contributed by atoms with Crippen LogP contribution in [0, 0.1) is 11.3 Å². The molecule has 0 heterocycles. The first-order chi connectivity index (χ1) is 11.5. The molecule has 0 radical (unpaired) electrons. The van der Waals surface area contributed by atoms with Crippen LogP contribution in [0.3, 0.4) is 0 Å². The van der Waals surface area contributed by atoms with Gasteiger partial charge in [-0.1, -0.05) is 0 Å². The molecular weight excluding hydrogens is 310 g/mol. The first kappa shape index (κ1) is 16.8. The quantitative estimate of drug-likeness (QED) is 0.573. The summed E-state index contributed by atoms with van der Waals surface area (Å²) in [5.74, 6) is -0.221. The zero-order valence-electron chi connectivity index (χ0n) is 12.9. The van der Waals surface area contributed by atoms with Crippen LogP contribution in [0.5, 0.6) is 17.2 Å². The summed E-state index contributed by atoms with van der Waals surface area (Å²) in [7, 11) is 0. The summed E-state index contributed by atoms with van der Waals surface area (Å²) in [6, 6.07) is 12.4. The number of ether oxygens (including phenoxy) is 1. The van der Waals surface area contributed by atoms with E-state index in [4.69, 9.17) is 10.00 Å². The third kappa shape index (κ3) is 4.48. The van der Waals surface area contributed by atoms with Crippen LogP contribution >= 0.6 is 0 Å². The lowest BCUT2D eigenvalue weighted by molar-refractivity contribution is -0.123. The number of carbonyl (C=O) groups is 1. The zero-order valence-corrected chi connectivity index (χ0v) is 12.9. The molecule has 0 aliphatic rings. The average Bonchev–Trinajstić information content (AvgIpc) is 2.58. The first-order valence-corrected chi connectivity index (χ1v) is 6.98. The van der Waals surface area contributed by atoms with Crippen molar-refractivity contribution < 1.29 is 19.7 Å². The van der Waals surface area contributed by atoms with Crippen molar-refractivity contribution in [2.24, 2.45) is 5.10 Å². The highest BCUT2D eigenvalue weighted by molar-refractivity contribution is 6.01. The van der Waals surface area contributed by atoms with E-state index in [9.17, 15) is 15.0 Å². The van der Waals surface area contributed by atoms with E-state index in [0.29, 0.717) is 22.6 Å². The van der Waals surface area contributed by atoms with Crippen LogP contribution in [0.15, 0.2) is 47.6 Å². The summed E-state index contributed by atoms with van der Waals surface area (Å²) in [5.41, 5.74) is 3.58. The van der Waals surface area contributed by atoms with E-state index in [1.54, 1.807) is 31.2 Å². The molecule has 7 heteroatoms. The molecule has 0 aliphatic carbocycles. The molecule has 0 unspecified atom stereocenters. The maximum Gasteiger partial charge on any atom is 0.277 e. The smallest absolute Gasteiger partial charge is 0.277 e. The van der Waals surface area contributed by atoms with Crippen molar-refractivity contribution in [3.8, 4) is 23.3 Å². The minimum Gasteiger partial charge on any atom is -0.508 e. The number of nitrogens with one attached hydrogen (secondary N) is 1. The van der Waals surface area contributed by atoms with Crippen LogP contribution in [0.2, 0.25) is 0 Å². The van der Waals surface area contributed by atoms with E-state index in [1.165, 1.54) is 18.2 Å². The van der Waals surface area contributed by atoms with Gasteiger partial charge < -0.3 is 14.9 Å². The molecule has 0 aromatic heterocycles. The third-order valence-corrected chi connectivity index (χ3v) is 3.07. The third-order valence-electron chi connectivity index (χ3n) is 3.07. The largest absolute Gasteiger partial charge is 0.508 e. The van der Waals surface area contributed by atoms with Crippen LogP contribution in [-0.4, -0.2) is 28.4 Å². The Labute approximate surface area is 138 Å². The van der Waals surface area contributed by atoms with Crippen LogP contribution in [0.25, 0.3) is 0 Å². The van der Waals surface area contributed by atoms with E-state index in [-0.39, 0.29) is 18.1 Å². The van der Waals surface area contributed by atoms with Crippen molar-refractivity contribution in [1.29, 1.82) is 5.26 Å². The van der Waals surface area contributed by atoms with Gasteiger partial charge in [-0.25, -0.2) is 5.43 Å². The first-order valence-electron chi connectivity index (χ1n) is 6.98. The molecule has 122 valence electrons. The standard InChI is InChI=1S/C17H15N3O4/c1-11(15-7-4-13(21)8-16(15)22)19-20-17(23)10-24-14-5-2-12(9-18)3-6-14/h2-8,21-22H,10H2,1H3,(H,20,23)/b19-11+. The molecule has 2 aromatic rings. The topological polar surface area (TPSA) is 115 Å². The Hall–Kier alpha value is -3.53. The molecule has 3 N–H and O–H groups in total. The van der Waals surface area contributed by atoms with Crippen LogP contribution < -0.4 is 10.2 Å². The van der Waals surface area contributed by atoms with Crippen molar-refractivity contribution in [3.63, 3.8) is 0 Å². The number of nitriles is 1. The number of nitrogens with zero attached hydrogens (tertiary/aromatic N) is 2. The van der Waals surface area contributed by atoms with Gasteiger partial charge in [-0.15, -0.1) is 0 Å². The highest BCUT2D eigenvalue weighted by atomic mass is 16.5. The molecule has 0 aliphatic heterocycles. The summed E-state index contributed by atoms with van der Waals surface area (Å²) in [5, 5.41) is 31.5. The summed E-state index contributed by atoms with van der Waals surface area (Å²) in [4.78, 5) is 11.7. The van der Waals surface area contributed by atoms with E-state index < -0.39 is 5.91 Å². The van der Waals surface area contributed by atoms with Crippen molar-refractivity contribution in [3.05, 3.63) is 53.6 Å². The number of hydrogen-bond donors (Lipinski definition) is 3. The number of benzene rings is 2. The van der Waals surface area contributed by atoms with Gasteiger partial charge in [0.1, 0.15) is 17.2 Å². The Bertz CT molecular complexity index is 808. The molecule has 0 bridgehead atoms. The second-order valence-corrected chi connectivity index (χ2v) is 4.86. The van der Waals surface area contributed by atoms with E-state index in [1.807, 2.05) is 6.07 Å². The summed E-state index contributed by atoms with van der Waals surface area (Å²) < 4.78 is 5.27. The van der Waals surface area contributed by atoms with Gasteiger partial charge in [-0.3, -0.25) is 4.79 Å². The van der Waals surface area contributed by atoms with Crippen LogP contribution in [0.1, 0.15) is 18.1 Å². The van der Waals surface area contributed by atoms with Crippen molar-refractivity contribution in [2.45, 2.75) is 6.92 Å². The Balaban J connectivity index is 1.90. The Morgan fingerprint density at radius 2 is 1.96 bits per heavy atom. The van der Waals surface area contributed by atoms with E-state index in [2.05, 4.69) is 10.5 Å². The number of carbonyl (C=O) groups excluding carboxylic acids is 1. The molecule has 2 aromatic carbocycles. The van der Waals surface area contributed by atoms with Gasteiger partial charge in [-0.05, 0) is 43.3 Å². The lowest BCUT2D eigenvalue weighted by Crippen LogP contribution is -2.25. The molecule has 0 saturated carbocycles. The Morgan fingerprint density at radius 1 is 1.25 bits per heavy atom. The molecule has 0 saturated heterocycles. The maximum atomic E-state index is 11.7. The summed E-state index contributed by atoms with van der Waals surface area (Å²) in [6.45, 7) is 1.36. The molecule has 1 amide bonds. The van der Waals surface area contributed by atoms with Crippen LogP contribution in [0.4, 0.5) is 0 Å². The minimum absolute atomic E-state index is 0.0658. The average molecular weight is 325 g/mol. The highest BCUT2D eigenvalue weighted by Gasteiger charge is 2.07. The number of amides is 1. The molecule has 0 spiro atoms. The second kappa shape index (κ2) is 7.65. The lowest BCUT2D eigenvalue weighted by Gasteiger charge is -2.07. The van der Waals surface area contributed by atoms with Gasteiger partial charge in [0, 0.05) is 11.6 Å². The molecule has 0 atom stereocenters. The monoisotopic (exact) mass is 325 g/mol. The fourth-order valence-electron chi connectivity index (χ4n) is 1.84. The van der Waals surface area contributed by atoms with Gasteiger partial charge in [0.25, 0.3) is 5.91 Å². The highest BCUT2D eigenvalue weighted by Crippen LogP contribution is 2.22. The lowest BCUT2D eigenvalue weighted by atomic mass is 10.1. The fourth-order valence-corrected chi connectivity index (χ4v) is 1.84. The van der Waals surface area contributed by atoms with Crippen molar-refractivity contribution in [1.82, 2.24) is 5.43 Å². The minimum atomic E-state index is -0.475. The number of aromatic hydroxyl groups is 2. The molecular formula is C17H15N3O4. The number of rotatable bonds is 5. The Kier molecular flexibility index (Phi) is 5.36. The van der Waals surface area contributed by atoms with Gasteiger partial charge in [-0.2, -0.15) is 10.4 Å². The maximum absolute atomic E-state index is 11.7. The molecule has 2 rings (SSSR count). The van der Waals surface area contributed by atoms with Gasteiger partial charge in [0.2, 0.25) is 0 Å². The van der Waals surface area contributed by atoms with Crippen LogP contribution in [-0.2, 0) is 4.79 Å².